The number of aromatic nitrogens is 1. The van der Waals surface area contributed by atoms with E-state index in [1.807, 2.05) is 13.8 Å². The molecule has 11 heteroatoms. The molecule has 0 saturated heterocycles. The van der Waals surface area contributed by atoms with E-state index in [2.05, 4.69) is 4.99 Å². The second kappa shape index (κ2) is 11.8. The number of allylic oxidation sites excluding steroid dienone is 1. The summed E-state index contributed by atoms with van der Waals surface area (Å²) in [6, 6.07) is 8.99. The summed E-state index contributed by atoms with van der Waals surface area (Å²) in [6.07, 6.45) is 1.67. The fourth-order valence-corrected chi connectivity index (χ4v) is 5.57. The number of hydrogen-bond acceptors (Lipinski definition) is 8. The number of carbonyl (C=O) groups excluding carboxylic acids is 2. The van der Waals surface area contributed by atoms with Crippen molar-refractivity contribution < 1.29 is 23.8 Å². The number of halogens is 2. The molecule has 3 aromatic rings. The molecule has 0 radical (unpaired) electrons. The highest BCUT2D eigenvalue weighted by Crippen LogP contribution is 2.36. The van der Waals surface area contributed by atoms with E-state index in [9.17, 15) is 14.4 Å². The van der Waals surface area contributed by atoms with Gasteiger partial charge in [-0.15, -0.1) is 0 Å². The molecule has 0 fully saturated rings. The lowest BCUT2D eigenvalue weighted by atomic mass is 9.95. The molecule has 0 saturated carbocycles. The van der Waals surface area contributed by atoms with Crippen molar-refractivity contribution in [2.75, 3.05) is 13.7 Å². The lowest BCUT2D eigenvalue weighted by Gasteiger charge is -2.25. The second-order valence-corrected chi connectivity index (χ2v) is 11.1. The molecule has 0 amide bonds. The maximum atomic E-state index is 13.8. The first-order valence-corrected chi connectivity index (χ1v) is 13.6. The third-order valence-corrected chi connectivity index (χ3v) is 7.34. The van der Waals surface area contributed by atoms with Gasteiger partial charge in [-0.2, -0.15) is 0 Å². The molecule has 1 unspecified atom stereocenters. The van der Waals surface area contributed by atoms with Crippen LogP contribution >= 0.6 is 34.5 Å². The predicted octanol–water partition coefficient (Wildman–Crippen LogP) is 4.68. The normalized spacial score (nSPS) is 15.2. The molecule has 204 valence electrons. The molecule has 0 N–H and O–H groups in total. The van der Waals surface area contributed by atoms with Crippen molar-refractivity contribution in [1.82, 2.24) is 4.57 Å². The van der Waals surface area contributed by atoms with Gasteiger partial charge in [0.05, 0.1) is 35.6 Å². The number of methoxy groups -OCH3 is 1. The number of thiazole rings is 1. The maximum Gasteiger partial charge on any atom is 0.338 e. The van der Waals surface area contributed by atoms with Crippen LogP contribution in [-0.2, 0) is 14.3 Å². The topological polar surface area (TPSA) is 96.2 Å². The van der Waals surface area contributed by atoms with Crippen LogP contribution in [0, 0.1) is 5.92 Å². The van der Waals surface area contributed by atoms with Crippen LogP contribution in [0.5, 0.6) is 11.5 Å². The van der Waals surface area contributed by atoms with Crippen molar-refractivity contribution in [3.8, 4) is 11.5 Å². The molecular formula is C28H26Cl2N2O6S. The van der Waals surface area contributed by atoms with E-state index in [0.29, 0.717) is 36.2 Å². The monoisotopic (exact) mass is 588 g/mol. The van der Waals surface area contributed by atoms with E-state index in [1.54, 1.807) is 49.4 Å². The summed E-state index contributed by atoms with van der Waals surface area (Å²) in [5.74, 6) is -0.496. The number of benzene rings is 2. The summed E-state index contributed by atoms with van der Waals surface area (Å²) in [5.41, 5.74) is 1.45. The Morgan fingerprint density at radius 2 is 1.90 bits per heavy atom. The number of nitrogens with zero attached hydrogens (tertiary/aromatic N) is 2. The van der Waals surface area contributed by atoms with Gasteiger partial charge in [0.1, 0.15) is 0 Å². The molecule has 4 rings (SSSR count). The number of ether oxygens (including phenoxy) is 3. The highest BCUT2D eigenvalue weighted by atomic mass is 35.5. The summed E-state index contributed by atoms with van der Waals surface area (Å²) >= 11 is 13.6. The van der Waals surface area contributed by atoms with E-state index < -0.39 is 18.0 Å². The minimum Gasteiger partial charge on any atom is -0.493 e. The van der Waals surface area contributed by atoms with Gasteiger partial charge in [-0.05, 0) is 54.3 Å². The Hall–Kier alpha value is -3.40. The molecule has 1 atom stereocenters. The van der Waals surface area contributed by atoms with Gasteiger partial charge in [-0.3, -0.25) is 14.2 Å². The molecule has 39 heavy (non-hydrogen) atoms. The van der Waals surface area contributed by atoms with Gasteiger partial charge in [0, 0.05) is 17.0 Å². The summed E-state index contributed by atoms with van der Waals surface area (Å²) in [6.45, 7) is 7.06. The van der Waals surface area contributed by atoms with Crippen LogP contribution in [0.3, 0.4) is 0 Å². The van der Waals surface area contributed by atoms with Gasteiger partial charge < -0.3 is 14.2 Å². The molecular weight excluding hydrogens is 563 g/mol. The van der Waals surface area contributed by atoms with Crippen LogP contribution in [0.25, 0.3) is 6.08 Å². The Kier molecular flexibility index (Phi) is 8.64. The highest BCUT2D eigenvalue weighted by molar-refractivity contribution is 7.07. The first kappa shape index (κ1) is 28.6. The van der Waals surface area contributed by atoms with Crippen LogP contribution in [0.4, 0.5) is 0 Å². The average molecular weight is 589 g/mol. The Balaban J connectivity index is 1.94. The van der Waals surface area contributed by atoms with Gasteiger partial charge in [-0.25, -0.2) is 9.79 Å². The Morgan fingerprint density at radius 1 is 1.15 bits per heavy atom. The van der Waals surface area contributed by atoms with Crippen molar-refractivity contribution in [2.45, 2.75) is 33.7 Å². The number of hydrogen-bond donors (Lipinski definition) is 0. The van der Waals surface area contributed by atoms with Gasteiger partial charge in [0.25, 0.3) is 5.56 Å². The Bertz CT molecular complexity index is 1670. The van der Waals surface area contributed by atoms with E-state index in [4.69, 9.17) is 37.4 Å². The molecule has 1 aliphatic rings. The number of fused-ring (bicyclic) bond motifs is 1. The van der Waals surface area contributed by atoms with Crippen molar-refractivity contribution >= 4 is 52.6 Å². The molecule has 2 aromatic carbocycles. The number of carbonyl (C=O) groups is 2. The van der Waals surface area contributed by atoms with Gasteiger partial charge in [0.2, 0.25) is 0 Å². The fourth-order valence-electron chi connectivity index (χ4n) is 4.07. The van der Waals surface area contributed by atoms with Crippen LogP contribution in [-0.4, -0.2) is 30.2 Å². The van der Waals surface area contributed by atoms with E-state index in [1.165, 1.54) is 29.9 Å². The van der Waals surface area contributed by atoms with E-state index in [0.717, 1.165) is 0 Å². The van der Waals surface area contributed by atoms with Crippen molar-refractivity contribution in [3.63, 3.8) is 0 Å². The molecule has 0 aliphatic carbocycles. The Labute approximate surface area is 238 Å². The van der Waals surface area contributed by atoms with E-state index in [-0.39, 0.29) is 35.2 Å². The summed E-state index contributed by atoms with van der Waals surface area (Å²) in [4.78, 5) is 43.8. The lowest BCUT2D eigenvalue weighted by Crippen LogP contribution is -2.40. The minimum absolute atomic E-state index is 0.113. The van der Waals surface area contributed by atoms with Crippen LogP contribution in [0.2, 0.25) is 10.0 Å². The zero-order valence-corrected chi connectivity index (χ0v) is 24.2. The third kappa shape index (κ3) is 6.11. The zero-order chi connectivity index (χ0) is 28.4. The number of esters is 2. The third-order valence-electron chi connectivity index (χ3n) is 5.80. The first-order valence-electron chi connectivity index (χ1n) is 12.0. The molecule has 0 spiro atoms. The van der Waals surface area contributed by atoms with Crippen molar-refractivity contribution in [3.05, 3.63) is 88.5 Å². The molecule has 8 nitrogen and oxygen atoms in total. The molecule has 1 aliphatic heterocycles. The average Bonchev–Trinajstić information content (AvgIpc) is 3.17. The standard InChI is InChI=1S/C28H26Cl2N2O6S/c1-14(2)13-37-27(35)24-15(3)31-28-32(25(24)18-7-9-21(38-16(4)33)22(10-18)36-5)26(34)23(39-28)11-17-6-8-19(29)12-20(17)30/h6-12,14,25H,13H2,1-5H3/b23-11+. The molecule has 2 heterocycles. The van der Waals surface area contributed by atoms with Gasteiger partial charge in [-0.1, -0.05) is 60.5 Å². The van der Waals surface area contributed by atoms with E-state index >= 15 is 0 Å². The van der Waals surface area contributed by atoms with Crippen LogP contribution in [0.15, 0.2) is 57.5 Å². The summed E-state index contributed by atoms with van der Waals surface area (Å²) < 4.78 is 18.1. The van der Waals surface area contributed by atoms with Crippen molar-refractivity contribution in [1.29, 1.82) is 0 Å². The summed E-state index contributed by atoms with van der Waals surface area (Å²) in [5, 5.41) is 0.870. The minimum atomic E-state index is -0.871. The molecule has 0 bridgehead atoms. The van der Waals surface area contributed by atoms with Gasteiger partial charge in [0.15, 0.2) is 16.3 Å². The van der Waals surface area contributed by atoms with Crippen molar-refractivity contribution in [2.24, 2.45) is 10.9 Å². The second-order valence-electron chi connectivity index (χ2n) is 9.24. The highest BCUT2D eigenvalue weighted by Gasteiger charge is 2.34. The van der Waals surface area contributed by atoms with Crippen LogP contribution in [0.1, 0.15) is 44.9 Å². The van der Waals surface area contributed by atoms with Crippen LogP contribution < -0.4 is 24.4 Å². The first-order chi connectivity index (χ1) is 18.5. The summed E-state index contributed by atoms with van der Waals surface area (Å²) in [7, 11) is 1.44. The van der Waals surface area contributed by atoms with Gasteiger partial charge >= 0.3 is 11.9 Å². The zero-order valence-electron chi connectivity index (χ0n) is 21.9. The number of rotatable bonds is 7. The molecule has 1 aromatic heterocycles. The Morgan fingerprint density at radius 3 is 2.54 bits per heavy atom. The fraction of sp³-hybridized carbons (Fsp3) is 0.286. The smallest absolute Gasteiger partial charge is 0.338 e. The predicted molar refractivity (Wildman–Crippen MR) is 150 cm³/mol. The SMILES string of the molecule is COc1cc(C2C(C(=O)OCC(C)C)=C(C)N=c3s/c(=C/c4ccc(Cl)cc4Cl)c(=O)n32)ccc1OC(C)=O. The maximum absolute atomic E-state index is 13.8. The quantitative estimate of drug-likeness (QED) is 0.294. The lowest BCUT2D eigenvalue weighted by molar-refractivity contribution is -0.140. The largest absolute Gasteiger partial charge is 0.493 e.